The number of halogens is 3. The Balaban J connectivity index is 1.87. The van der Waals surface area contributed by atoms with Crippen molar-refractivity contribution in [3.8, 4) is 0 Å². The standard InChI is InChI=1S/C15H18F3NO/c16-15(17,18)14(20)9-13-7-4-8-19(11-13)10-12-5-2-1-3-6-12/h1-3,5-6,13H,4,7-11H2. The largest absolute Gasteiger partial charge is 0.449 e. The molecule has 0 spiro atoms. The average Bonchev–Trinajstić information content (AvgIpc) is 2.39. The number of hydrogen-bond donors (Lipinski definition) is 0. The zero-order chi connectivity index (χ0) is 14.6. The second-order valence-corrected chi connectivity index (χ2v) is 5.35. The van der Waals surface area contributed by atoms with Crippen LogP contribution in [0.1, 0.15) is 24.8 Å². The van der Waals surface area contributed by atoms with E-state index in [4.69, 9.17) is 0 Å². The highest BCUT2D eigenvalue weighted by Gasteiger charge is 2.39. The predicted octanol–water partition coefficient (Wildman–Crippen LogP) is 3.42. The Labute approximate surface area is 116 Å². The van der Waals surface area contributed by atoms with Gasteiger partial charge in [0, 0.05) is 19.5 Å². The van der Waals surface area contributed by atoms with Crippen molar-refractivity contribution in [2.45, 2.75) is 32.0 Å². The van der Waals surface area contributed by atoms with Gasteiger partial charge in [-0.05, 0) is 30.9 Å². The number of benzene rings is 1. The van der Waals surface area contributed by atoms with Gasteiger partial charge in [0.1, 0.15) is 0 Å². The molecule has 1 saturated heterocycles. The lowest BCUT2D eigenvalue weighted by atomic mass is 9.92. The summed E-state index contributed by atoms with van der Waals surface area (Å²) in [5.41, 5.74) is 1.15. The maximum absolute atomic E-state index is 12.3. The molecule has 1 aliphatic rings. The van der Waals surface area contributed by atoms with Gasteiger partial charge in [0.15, 0.2) is 0 Å². The molecule has 110 valence electrons. The van der Waals surface area contributed by atoms with E-state index in [2.05, 4.69) is 4.90 Å². The second-order valence-electron chi connectivity index (χ2n) is 5.35. The van der Waals surface area contributed by atoms with Gasteiger partial charge in [0.25, 0.3) is 0 Å². The summed E-state index contributed by atoms with van der Waals surface area (Å²) in [6, 6.07) is 9.84. The number of carbonyl (C=O) groups is 1. The summed E-state index contributed by atoms with van der Waals surface area (Å²) in [5, 5.41) is 0. The first kappa shape index (κ1) is 15.0. The highest BCUT2D eigenvalue weighted by atomic mass is 19.4. The van der Waals surface area contributed by atoms with Crippen LogP contribution in [0, 0.1) is 5.92 Å². The number of piperidine rings is 1. The zero-order valence-electron chi connectivity index (χ0n) is 11.2. The van der Waals surface area contributed by atoms with Gasteiger partial charge in [-0.1, -0.05) is 30.3 Å². The molecule has 5 heteroatoms. The molecule has 1 heterocycles. The number of likely N-dealkylation sites (tertiary alicyclic amines) is 1. The number of hydrogen-bond acceptors (Lipinski definition) is 2. The molecule has 20 heavy (non-hydrogen) atoms. The van der Waals surface area contributed by atoms with Gasteiger partial charge in [-0.15, -0.1) is 0 Å². The van der Waals surface area contributed by atoms with Gasteiger partial charge in [-0.2, -0.15) is 13.2 Å². The quantitative estimate of drug-likeness (QED) is 0.845. The third kappa shape index (κ3) is 4.34. The highest BCUT2D eigenvalue weighted by molar-refractivity contribution is 5.84. The van der Waals surface area contributed by atoms with Crippen molar-refractivity contribution in [3.63, 3.8) is 0 Å². The first-order valence-corrected chi connectivity index (χ1v) is 6.81. The highest BCUT2D eigenvalue weighted by Crippen LogP contribution is 2.26. The van der Waals surface area contributed by atoms with Gasteiger partial charge >= 0.3 is 6.18 Å². The number of alkyl halides is 3. The van der Waals surface area contributed by atoms with Crippen molar-refractivity contribution in [1.82, 2.24) is 4.90 Å². The van der Waals surface area contributed by atoms with Gasteiger partial charge in [0.2, 0.25) is 5.78 Å². The summed E-state index contributed by atoms with van der Waals surface area (Å²) in [4.78, 5) is 13.2. The molecule has 0 N–H and O–H groups in total. The molecule has 1 unspecified atom stereocenters. The van der Waals surface area contributed by atoms with Crippen molar-refractivity contribution >= 4 is 5.78 Å². The fraction of sp³-hybridized carbons (Fsp3) is 0.533. The summed E-state index contributed by atoms with van der Waals surface area (Å²) < 4.78 is 36.9. The smallest absolute Gasteiger partial charge is 0.299 e. The molecule has 0 aromatic heterocycles. The molecular formula is C15H18F3NO. The van der Waals surface area contributed by atoms with Crippen LogP contribution in [-0.2, 0) is 11.3 Å². The molecule has 0 bridgehead atoms. The molecule has 0 amide bonds. The summed E-state index contributed by atoms with van der Waals surface area (Å²) in [5.74, 6) is -1.77. The number of rotatable bonds is 4. The van der Waals surface area contributed by atoms with Crippen LogP contribution in [0.3, 0.4) is 0 Å². The molecule has 1 atom stereocenters. The minimum atomic E-state index is -4.69. The Bertz CT molecular complexity index is 444. The molecule has 1 fully saturated rings. The predicted molar refractivity (Wildman–Crippen MR) is 70.1 cm³/mol. The molecular weight excluding hydrogens is 267 g/mol. The van der Waals surface area contributed by atoms with Crippen molar-refractivity contribution in [1.29, 1.82) is 0 Å². The molecule has 0 radical (unpaired) electrons. The van der Waals surface area contributed by atoms with E-state index in [9.17, 15) is 18.0 Å². The van der Waals surface area contributed by atoms with Crippen LogP contribution < -0.4 is 0 Å². The second kappa shape index (κ2) is 6.39. The lowest BCUT2D eigenvalue weighted by molar-refractivity contribution is -0.172. The van der Waals surface area contributed by atoms with Crippen LogP contribution in [0.25, 0.3) is 0 Å². The van der Waals surface area contributed by atoms with E-state index in [-0.39, 0.29) is 12.3 Å². The monoisotopic (exact) mass is 285 g/mol. The number of carbonyl (C=O) groups excluding carboxylic acids is 1. The van der Waals surface area contributed by atoms with E-state index < -0.39 is 12.0 Å². The maximum atomic E-state index is 12.3. The molecule has 1 aromatic rings. The van der Waals surface area contributed by atoms with E-state index in [1.807, 2.05) is 30.3 Å². The zero-order valence-corrected chi connectivity index (χ0v) is 11.2. The summed E-state index contributed by atoms with van der Waals surface area (Å²) in [6.07, 6.45) is -3.52. The van der Waals surface area contributed by atoms with Crippen LogP contribution in [-0.4, -0.2) is 29.9 Å². The van der Waals surface area contributed by atoms with E-state index in [1.165, 1.54) is 0 Å². The minimum Gasteiger partial charge on any atom is -0.299 e. The van der Waals surface area contributed by atoms with E-state index in [1.54, 1.807) is 0 Å². The fourth-order valence-electron chi connectivity index (χ4n) is 2.68. The van der Waals surface area contributed by atoms with Crippen LogP contribution in [0.4, 0.5) is 13.2 Å². The average molecular weight is 285 g/mol. The van der Waals surface area contributed by atoms with Crippen molar-refractivity contribution in [2.75, 3.05) is 13.1 Å². The first-order chi connectivity index (χ1) is 9.45. The van der Waals surface area contributed by atoms with Crippen LogP contribution >= 0.6 is 0 Å². The molecule has 0 aliphatic carbocycles. The van der Waals surface area contributed by atoms with Gasteiger partial charge in [0.05, 0.1) is 0 Å². The third-order valence-electron chi connectivity index (χ3n) is 3.64. The normalized spacial score (nSPS) is 20.9. The van der Waals surface area contributed by atoms with Crippen LogP contribution in [0.2, 0.25) is 0 Å². The summed E-state index contributed by atoms with van der Waals surface area (Å²) in [7, 11) is 0. The lowest BCUT2D eigenvalue weighted by Gasteiger charge is -2.32. The van der Waals surface area contributed by atoms with E-state index in [0.717, 1.165) is 25.1 Å². The summed E-state index contributed by atoms with van der Waals surface area (Å²) in [6.45, 7) is 2.18. The Hall–Kier alpha value is -1.36. The Kier molecular flexibility index (Phi) is 4.81. The number of ketones is 1. The minimum absolute atomic E-state index is 0.179. The SMILES string of the molecule is O=C(CC1CCCN(Cc2ccccc2)C1)C(F)(F)F. The van der Waals surface area contributed by atoms with Crippen molar-refractivity contribution in [2.24, 2.45) is 5.92 Å². The Morgan fingerprint density at radius 3 is 2.60 bits per heavy atom. The Morgan fingerprint density at radius 1 is 1.25 bits per heavy atom. The molecule has 2 rings (SSSR count). The third-order valence-corrected chi connectivity index (χ3v) is 3.64. The molecule has 2 nitrogen and oxygen atoms in total. The molecule has 1 aromatic carbocycles. The van der Waals surface area contributed by atoms with Gasteiger partial charge in [-0.3, -0.25) is 9.69 Å². The van der Waals surface area contributed by atoms with E-state index in [0.29, 0.717) is 13.0 Å². The lowest BCUT2D eigenvalue weighted by Crippen LogP contribution is -2.37. The topological polar surface area (TPSA) is 20.3 Å². The number of nitrogens with zero attached hydrogens (tertiary/aromatic N) is 1. The fourth-order valence-corrected chi connectivity index (χ4v) is 2.68. The Morgan fingerprint density at radius 2 is 1.95 bits per heavy atom. The molecule has 0 saturated carbocycles. The van der Waals surface area contributed by atoms with Gasteiger partial charge < -0.3 is 0 Å². The first-order valence-electron chi connectivity index (χ1n) is 6.81. The maximum Gasteiger partial charge on any atom is 0.449 e. The van der Waals surface area contributed by atoms with Crippen LogP contribution in [0.5, 0.6) is 0 Å². The van der Waals surface area contributed by atoms with E-state index >= 15 is 0 Å². The number of Topliss-reactive ketones (excluding diaryl/α,β-unsaturated/α-hetero) is 1. The van der Waals surface area contributed by atoms with Crippen LogP contribution in [0.15, 0.2) is 30.3 Å². The van der Waals surface area contributed by atoms with Crippen molar-refractivity contribution in [3.05, 3.63) is 35.9 Å². The summed E-state index contributed by atoms with van der Waals surface area (Å²) >= 11 is 0. The van der Waals surface area contributed by atoms with Crippen molar-refractivity contribution < 1.29 is 18.0 Å². The van der Waals surface area contributed by atoms with Gasteiger partial charge in [-0.25, -0.2) is 0 Å². The molecule has 1 aliphatic heterocycles.